The molecule has 3 rings (SSSR count). The largest absolute Gasteiger partial charge is 0.332 e. The summed E-state index contributed by atoms with van der Waals surface area (Å²) in [6, 6.07) is 21.9. The van der Waals surface area contributed by atoms with Gasteiger partial charge in [0.2, 0.25) is 5.95 Å². The molecular formula is C18H16N4S. The van der Waals surface area contributed by atoms with Crippen LogP contribution in [0.25, 0.3) is 0 Å². The molecule has 0 saturated carbocycles. The molecule has 3 aromatic rings. The van der Waals surface area contributed by atoms with E-state index in [4.69, 9.17) is 12.2 Å². The Bertz CT molecular complexity index is 775. The Balaban J connectivity index is 1.64. The molecule has 0 saturated heterocycles. The number of nitrogens with zero attached hydrogens (tertiary/aromatic N) is 2. The lowest BCUT2D eigenvalue weighted by Crippen LogP contribution is -2.20. The van der Waals surface area contributed by atoms with Crippen LogP contribution in [0.2, 0.25) is 0 Å². The maximum atomic E-state index is 5.29. The van der Waals surface area contributed by atoms with Gasteiger partial charge in [-0.1, -0.05) is 48.5 Å². The highest BCUT2D eigenvalue weighted by molar-refractivity contribution is 7.80. The number of para-hydroxylation sites is 1. The van der Waals surface area contributed by atoms with Gasteiger partial charge in [0.25, 0.3) is 0 Å². The Hall–Kier alpha value is -2.79. The third-order valence-electron chi connectivity index (χ3n) is 3.20. The molecule has 0 radical (unpaired) electrons. The van der Waals surface area contributed by atoms with E-state index in [2.05, 4.69) is 32.7 Å². The van der Waals surface area contributed by atoms with Crippen LogP contribution in [-0.4, -0.2) is 15.1 Å². The van der Waals surface area contributed by atoms with E-state index in [-0.39, 0.29) is 0 Å². The Labute approximate surface area is 140 Å². The number of hydrogen-bond donors (Lipinski definition) is 2. The molecule has 114 valence electrons. The van der Waals surface area contributed by atoms with Crippen LogP contribution >= 0.6 is 12.2 Å². The average Bonchev–Trinajstić information content (AvgIpc) is 2.57. The predicted molar refractivity (Wildman–Crippen MR) is 97.6 cm³/mol. The normalized spacial score (nSPS) is 10.1. The van der Waals surface area contributed by atoms with Gasteiger partial charge in [0.05, 0.1) is 5.69 Å². The molecule has 0 atom stereocenters. The molecule has 5 heteroatoms. The third-order valence-corrected chi connectivity index (χ3v) is 3.40. The van der Waals surface area contributed by atoms with Crippen molar-refractivity contribution in [2.75, 3.05) is 10.6 Å². The summed E-state index contributed by atoms with van der Waals surface area (Å²) in [5.74, 6) is 0.492. The fourth-order valence-electron chi connectivity index (χ4n) is 2.15. The number of aromatic nitrogens is 2. The van der Waals surface area contributed by atoms with Gasteiger partial charge in [-0.3, -0.25) is 0 Å². The van der Waals surface area contributed by atoms with Crippen molar-refractivity contribution < 1.29 is 0 Å². The first-order valence-electron chi connectivity index (χ1n) is 7.28. The first kappa shape index (κ1) is 15.1. The lowest BCUT2D eigenvalue weighted by molar-refractivity contribution is 1.04. The summed E-state index contributed by atoms with van der Waals surface area (Å²) in [4.78, 5) is 8.71. The van der Waals surface area contributed by atoms with E-state index < -0.39 is 0 Å². The van der Waals surface area contributed by atoms with Gasteiger partial charge in [-0.2, -0.15) is 0 Å². The zero-order valence-corrected chi connectivity index (χ0v) is 13.3. The number of nitrogens with one attached hydrogen (secondary N) is 2. The summed E-state index contributed by atoms with van der Waals surface area (Å²) < 4.78 is 0. The number of anilines is 2. The maximum Gasteiger partial charge on any atom is 0.229 e. The van der Waals surface area contributed by atoms with Gasteiger partial charge in [-0.25, -0.2) is 9.97 Å². The minimum Gasteiger partial charge on any atom is -0.332 e. The molecule has 0 unspecified atom stereocenters. The molecule has 0 bridgehead atoms. The van der Waals surface area contributed by atoms with Crippen LogP contribution in [-0.2, 0) is 6.42 Å². The van der Waals surface area contributed by atoms with Crippen molar-refractivity contribution in [1.82, 2.24) is 9.97 Å². The zero-order valence-electron chi connectivity index (χ0n) is 12.4. The molecule has 0 aliphatic carbocycles. The summed E-state index contributed by atoms with van der Waals surface area (Å²) in [6.45, 7) is 0. The summed E-state index contributed by atoms with van der Waals surface area (Å²) in [5, 5.41) is 6.58. The fourth-order valence-corrected chi connectivity index (χ4v) is 2.35. The smallest absolute Gasteiger partial charge is 0.229 e. The summed E-state index contributed by atoms with van der Waals surface area (Å²) in [7, 11) is 0. The molecule has 2 aromatic carbocycles. The second-order valence-corrected chi connectivity index (χ2v) is 5.39. The number of rotatable bonds is 4. The SMILES string of the molecule is S=C(Nc1ccccc1)Nc1nccc(Cc2ccccc2)n1. The molecule has 0 aliphatic heterocycles. The van der Waals surface area contributed by atoms with E-state index in [1.54, 1.807) is 6.20 Å². The first-order valence-corrected chi connectivity index (χ1v) is 7.69. The summed E-state index contributed by atoms with van der Waals surface area (Å²) in [5.41, 5.74) is 3.07. The van der Waals surface area contributed by atoms with Crippen LogP contribution in [0.1, 0.15) is 11.3 Å². The molecule has 0 spiro atoms. The predicted octanol–water partition coefficient (Wildman–Crippen LogP) is 3.88. The van der Waals surface area contributed by atoms with Gasteiger partial charge in [0.15, 0.2) is 5.11 Å². The Morgan fingerprint density at radius 2 is 1.57 bits per heavy atom. The summed E-state index contributed by atoms with van der Waals surface area (Å²) in [6.07, 6.45) is 2.50. The minimum atomic E-state index is 0.466. The van der Waals surface area contributed by atoms with Crippen LogP contribution in [0.5, 0.6) is 0 Å². The van der Waals surface area contributed by atoms with Crippen LogP contribution in [0.3, 0.4) is 0 Å². The number of thiocarbonyl (C=S) groups is 1. The van der Waals surface area contributed by atoms with E-state index in [9.17, 15) is 0 Å². The topological polar surface area (TPSA) is 49.8 Å². The fraction of sp³-hybridized carbons (Fsp3) is 0.0556. The lowest BCUT2D eigenvalue weighted by Gasteiger charge is -2.10. The van der Waals surface area contributed by atoms with Gasteiger partial charge in [-0.05, 0) is 36.0 Å². The lowest BCUT2D eigenvalue weighted by atomic mass is 10.1. The minimum absolute atomic E-state index is 0.466. The van der Waals surface area contributed by atoms with Crippen molar-refractivity contribution in [2.24, 2.45) is 0 Å². The Morgan fingerprint density at radius 1 is 0.870 bits per heavy atom. The summed E-state index contributed by atoms with van der Waals surface area (Å²) >= 11 is 5.29. The zero-order chi connectivity index (χ0) is 15.9. The van der Waals surface area contributed by atoms with Crippen molar-refractivity contribution in [2.45, 2.75) is 6.42 Å². The van der Waals surface area contributed by atoms with Crippen molar-refractivity contribution in [3.8, 4) is 0 Å². The maximum absolute atomic E-state index is 5.29. The van der Waals surface area contributed by atoms with E-state index >= 15 is 0 Å². The molecule has 1 aromatic heterocycles. The van der Waals surface area contributed by atoms with E-state index in [1.807, 2.05) is 54.6 Å². The van der Waals surface area contributed by atoms with Gasteiger partial charge < -0.3 is 10.6 Å². The highest BCUT2D eigenvalue weighted by atomic mass is 32.1. The van der Waals surface area contributed by atoms with Crippen LogP contribution < -0.4 is 10.6 Å². The van der Waals surface area contributed by atoms with Crippen LogP contribution in [0.4, 0.5) is 11.6 Å². The van der Waals surface area contributed by atoms with Gasteiger partial charge in [0.1, 0.15) is 0 Å². The van der Waals surface area contributed by atoms with Crippen LogP contribution in [0.15, 0.2) is 72.9 Å². The highest BCUT2D eigenvalue weighted by Crippen LogP contribution is 2.09. The van der Waals surface area contributed by atoms with Crippen molar-refractivity contribution in [3.05, 3.63) is 84.2 Å². The first-order chi connectivity index (χ1) is 11.3. The molecule has 23 heavy (non-hydrogen) atoms. The standard InChI is InChI=1S/C18H16N4S/c23-18(21-15-9-5-2-6-10-15)22-17-19-12-11-16(20-17)13-14-7-3-1-4-8-14/h1-12H,13H2,(H2,19,20,21,22,23). The molecule has 1 heterocycles. The van der Waals surface area contributed by atoms with E-state index in [1.165, 1.54) is 5.56 Å². The van der Waals surface area contributed by atoms with Gasteiger partial charge in [0, 0.05) is 18.3 Å². The van der Waals surface area contributed by atoms with Gasteiger partial charge >= 0.3 is 0 Å². The number of benzene rings is 2. The van der Waals surface area contributed by atoms with E-state index in [0.717, 1.165) is 17.8 Å². The third kappa shape index (κ3) is 4.59. The molecule has 2 N–H and O–H groups in total. The molecule has 0 aliphatic rings. The van der Waals surface area contributed by atoms with Crippen molar-refractivity contribution in [3.63, 3.8) is 0 Å². The van der Waals surface area contributed by atoms with E-state index in [0.29, 0.717) is 11.1 Å². The molecule has 0 amide bonds. The Morgan fingerprint density at radius 3 is 2.30 bits per heavy atom. The van der Waals surface area contributed by atoms with Crippen molar-refractivity contribution in [1.29, 1.82) is 0 Å². The van der Waals surface area contributed by atoms with Gasteiger partial charge in [-0.15, -0.1) is 0 Å². The Kier molecular flexibility index (Phi) is 4.91. The second-order valence-electron chi connectivity index (χ2n) is 4.98. The molecule has 0 fully saturated rings. The second kappa shape index (κ2) is 7.47. The highest BCUT2D eigenvalue weighted by Gasteiger charge is 2.03. The monoisotopic (exact) mass is 320 g/mol. The number of hydrogen-bond acceptors (Lipinski definition) is 3. The van der Waals surface area contributed by atoms with Crippen molar-refractivity contribution >= 4 is 29.0 Å². The average molecular weight is 320 g/mol. The van der Waals surface area contributed by atoms with Crippen LogP contribution in [0, 0.1) is 0 Å². The molecule has 4 nitrogen and oxygen atoms in total. The quantitative estimate of drug-likeness (QED) is 0.715. The molecular weight excluding hydrogens is 304 g/mol.